The smallest absolute Gasteiger partial charge is 0.309 e. The molecule has 0 aromatic carbocycles. The van der Waals surface area contributed by atoms with Crippen LogP contribution in [0.25, 0.3) is 0 Å². The van der Waals surface area contributed by atoms with Crippen molar-refractivity contribution in [2.75, 3.05) is 6.61 Å². The molecular weight excluding hydrogens is 128 g/mol. The van der Waals surface area contributed by atoms with E-state index in [2.05, 4.69) is 0 Å². The van der Waals surface area contributed by atoms with Gasteiger partial charge in [-0.2, -0.15) is 0 Å². The van der Waals surface area contributed by atoms with Crippen LogP contribution in [0.4, 0.5) is 0 Å². The molecule has 2 heteroatoms. The van der Waals surface area contributed by atoms with Crippen LogP contribution in [0.5, 0.6) is 0 Å². The third-order valence-corrected chi connectivity index (χ3v) is 2.65. The molecule has 10 heavy (non-hydrogen) atoms. The van der Waals surface area contributed by atoms with Crippen LogP contribution < -0.4 is 0 Å². The Kier molecular flexibility index (Phi) is 1.08. The van der Waals surface area contributed by atoms with Crippen molar-refractivity contribution in [1.82, 2.24) is 0 Å². The molecule has 0 aromatic heterocycles. The highest BCUT2D eigenvalue weighted by Gasteiger charge is 2.66. The summed E-state index contributed by atoms with van der Waals surface area (Å²) < 4.78 is 4.90. The standard InChI is InChI=1S/C8H12O2/c1-2-10-7(9)6-5-8(6)3-4-8/h6H,2-5H2,1H3. The highest BCUT2D eigenvalue weighted by Crippen LogP contribution is 2.70. The maximum Gasteiger partial charge on any atom is 0.309 e. The molecule has 2 saturated carbocycles. The molecule has 1 spiro atoms. The van der Waals surface area contributed by atoms with Gasteiger partial charge < -0.3 is 4.74 Å². The van der Waals surface area contributed by atoms with Crippen molar-refractivity contribution < 1.29 is 9.53 Å². The lowest BCUT2D eigenvalue weighted by Gasteiger charge is -1.97. The maximum atomic E-state index is 11.0. The Balaban J connectivity index is 1.85. The lowest BCUT2D eigenvalue weighted by atomic mass is 10.3. The Labute approximate surface area is 60.6 Å². The van der Waals surface area contributed by atoms with Crippen LogP contribution in [0, 0.1) is 11.3 Å². The molecule has 0 aliphatic heterocycles. The van der Waals surface area contributed by atoms with Gasteiger partial charge in [-0.05, 0) is 31.6 Å². The first kappa shape index (κ1) is 6.20. The number of esters is 1. The summed E-state index contributed by atoms with van der Waals surface area (Å²) in [5, 5.41) is 0. The van der Waals surface area contributed by atoms with Gasteiger partial charge in [-0.3, -0.25) is 4.79 Å². The zero-order valence-corrected chi connectivity index (χ0v) is 6.22. The van der Waals surface area contributed by atoms with Crippen molar-refractivity contribution in [2.24, 2.45) is 11.3 Å². The van der Waals surface area contributed by atoms with Gasteiger partial charge in [0.1, 0.15) is 0 Å². The van der Waals surface area contributed by atoms with E-state index in [9.17, 15) is 4.79 Å². The molecule has 0 N–H and O–H groups in total. The second kappa shape index (κ2) is 1.74. The molecule has 0 bridgehead atoms. The fraction of sp³-hybridized carbons (Fsp3) is 0.875. The zero-order valence-electron chi connectivity index (χ0n) is 6.22. The van der Waals surface area contributed by atoms with Gasteiger partial charge in [0, 0.05) is 0 Å². The summed E-state index contributed by atoms with van der Waals surface area (Å²) in [6, 6.07) is 0. The topological polar surface area (TPSA) is 26.3 Å². The molecule has 56 valence electrons. The van der Waals surface area contributed by atoms with Gasteiger partial charge >= 0.3 is 5.97 Å². The average molecular weight is 140 g/mol. The molecule has 1 atom stereocenters. The van der Waals surface area contributed by atoms with Gasteiger partial charge in [-0.15, -0.1) is 0 Å². The summed E-state index contributed by atoms with van der Waals surface area (Å²) >= 11 is 0. The molecule has 2 aliphatic carbocycles. The first-order valence-electron chi connectivity index (χ1n) is 3.95. The summed E-state index contributed by atoms with van der Waals surface area (Å²) in [6.45, 7) is 2.39. The third-order valence-electron chi connectivity index (χ3n) is 2.65. The number of carbonyl (C=O) groups is 1. The quantitative estimate of drug-likeness (QED) is 0.541. The van der Waals surface area contributed by atoms with E-state index in [4.69, 9.17) is 4.74 Å². The highest BCUT2D eigenvalue weighted by molar-refractivity contribution is 5.77. The van der Waals surface area contributed by atoms with Gasteiger partial charge in [-0.25, -0.2) is 0 Å². The van der Waals surface area contributed by atoms with Crippen LogP contribution in [-0.2, 0) is 9.53 Å². The Morgan fingerprint density at radius 1 is 1.70 bits per heavy atom. The predicted molar refractivity (Wildman–Crippen MR) is 36.4 cm³/mol. The minimum Gasteiger partial charge on any atom is -0.466 e. The van der Waals surface area contributed by atoms with Crippen molar-refractivity contribution in [3.63, 3.8) is 0 Å². The second-order valence-electron chi connectivity index (χ2n) is 3.37. The third kappa shape index (κ3) is 0.746. The van der Waals surface area contributed by atoms with Gasteiger partial charge in [-0.1, -0.05) is 0 Å². The second-order valence-corrected chi connectivity index (χ2v) is 3.37. The van der Waals surface area contributed by atoms with Gasteiger partial charge in [0.15, 0.2) is 0 Å². The van der Waals surface area contributed by atoms with Crippen molar-refractivity contribution >= 4 is 5.97 Å². The molecular formula is C8H12O2. The molecule has 2 rings (SSSR count). The van der Waals surface area contributed by atoms with Crippen molar-refractivity contribution in [2.45, 2.75) is 26.2 Å². The fourth-order valence-electron chi connectivity index (χ4n) is 1.64. The summed E-state index contributed by atoms with van der Waals surface area (Å²) in [5.41, 5.74) is 0.465. The van der Waals surface area contributed by atoms with Crippen LogP contribution in [0.15, 0.2) is 0 Å². The van der Waals surface area contributed by atoms with Crippen LogP contribution in [0.2, 0.25) is 0 Å². The van der Waals surface area contributed by atoms with E-state index >= 15 is 0 Å². The molecule has 0 radical (unpaired) electrons. The minimum absolute atomic E-state index is 0.0417. The molecule has 0 aromatic rings. The van der Waals surface area contributed by atoms with E-state index in [1.807, 2.05) is 6.92 Å². The number of rotatable bonds is 2. The summed E-state index contributed by atoms with van der Waals surface area (Å²) in [7, 11) is 0. The fourth-order valence-corrected chi connectivity index (χ4v) is 1.64. The monoisotopic (exact) mass is 140 g/mol. The molecule has 2 aliphatic rings. The lowest BCUT2D eigenvalue weighted by molar-refractivity contribution is -0.145. The molecule has 1 unspecified atom stereocenters. The summed E-state index contributed by atoms with van der Waals surface area (Å²) in [6.07, 6.45) is 3.62. The lowest BCUT2D eigenvalue weighted by Crippen LogP contribution is -2.07. The minimum atomic E-state index is 0.0417. The number of hydrogen-bond acceptors (Lipinski definition) is 2. The van der Waals surface area contributed by atoms with E-state index < -0.39 is 0 Å². The Morgan fingerprint density at radius 3 is 2.80 bits per heavy atom. The van der Waals surface area contributed by atoms with E-state index in [-0.39, 0.29) is 11.9 Å². The highest BCUT2D eigenvalue weighted by atomic mass is 16.5. The molecule has 0 saturated heterocycles. The maximum absolute atomic E-state index is 11.0. The normalized spacial score (nSPS) is 31.9. The zero-order chi connectivity index (χ0) is 7.19. The first-order chi connectivity index (χ1) is 4.78. The largest absolute Gasteiger partial charge is 0.466 e. The molecule has 0 amide bonds. The number of carbonyl (C=O) groups excluding carboxylic acids is 1. The van der Waals surface area contributed by atoms with E-state index in [1.54, 1.807) is 0 Å². The van der Waals surface area contributed by atoms with Crippen LogP contribution in [0.1, 0.15) is 26.2 Å². The SMILES string of the molecule is CCOC(=O)C1CC12CC2. The number of hydrogen-bond donors (Lipinski definition) is 0. The van der Waals surface area contributed by atoms with Gasteiger partial charge in [0.25, 0.3) is 0 Å². The van der Waals surface area contributed by atoms with E-state index in [1.165, 1.54) is 12.8 Å². The predicted octanol–water partition coefficient (Wildman–Crippen LogP) is 1.35. The van der Waals surface area contributed by atoms with E-state index in [0.29, 0.717) is 12.0 Å². The van der Waals surface area contributed by atoms with Crippen LogP contribution in [-0.4, -0.2) is 12.6 Å². The molecule has 2 nitrogen and oxygen atoms in total. The van der Waals surface area contributed by atoms with Crippen LogP contribution in [0.3, 0.4) is 0 Å². The van der Waals surface area contributed by atoms with Crippen molar-refractivity contribution in [3.05, 3.63) is 0 Å². The summed E-state index contributed by atoms with van der Waals surface area (Å²) in [4.78, 5) is 11.0. The Morgan fingerprint density at radius 2 is 2.40 bits per heavy atom. The molecule has 2 fully saturated rings. The van der Waals surface area contributed by atoms with E-state index in [0.717, 1.165) is 6.42 Å². The first-order valence-corrected chi connectivity index (χ1v) is 3.95. The molecule has 0 heterocycles. The van der Waals surface area contributed by atoms with Crippen molar-refractivity contribution in [1.29, 1.82) is 0 Å². The summed E-state index contributed by atoms with van der Waals surface area (Å²) in [5.74, 6) is 0.326. The average Bonchev–Trinajstić information content (AvgIpc) is 2.76. The van der Waals surface area contributed by atoms with Gasteiger partial charge in [0.2, 0.25) is 0 Å². The Bertz CT molecular complexity index is 170. The Hall–Kier alpha value is -0.530. The van der Waals surface area contributed by atoms with Crippen LogP contribution >= 0.6 is 0 Å². The number of ether oxygens (including phenoxy) is 1. The van der Waals surface area contributed by atoms with Gasteiger partial charge in [0.05, 0.1) is 12.5 Å². The van der Waals surface area contributed by atoms with Crippen molar-refractivity contribution in [3.8, 4) is 0 Å².